The van der Waals surface area contributed by atoms with Crippen LogP contribution in [-0.2, 0) is 9.84 Å². The van der Waals surface area contributed by atoms with Gasteiger partial charge in [0.15, 0.2) is 9.84 Å². The van der Waals surface area contributed by atoms with E-state index in [0.29, 0.717) is 17.9 Å². The second-order valence-electron chi connectivity index (χ2n) is 5.14. The van der Waals surface area contributed by atoms with Gasteiger partial charge in [0.1, 0.15) is 0 Å². The van der Waals surface area contributed by atoms with Crippen LogP contribution in [-0.4, -0.2) is 39.2 Å². The number of hydrogen-bond acceptors (Lipinski definition) is 3. The number of piperidine rings is 1. The van der Waals surface area contributed by atoms with Crippen molar-refractivity contribution < 1.29 is 11.2 Å². The van der Waals surface area contributed by atoms with Crippen molar-refractivity contribution in [2.75, 3.05) is 25.8 Å². The van der Waals surface area contributed by atoms with E-state index in [1.165, 1.54) is 6.26 Å². The van der Waals surface area contributed by atoms with Crippen molar-refractivity contribution in [3.63, 3.8) is 0 Å². The molecule has 1 heterocycles. The summed E-state index contributed by atoms with van der Waals surface area (Å²) in [6.07, 6.45) is 3.59. The lowest BCUT2D eigenvalue weighted by Gasteiger charge is -2.32. The fourth-order valence-electron chi connectivity index (χ4n) is 2.62. The molecule has 0 aliphatic carbocycles. The Morgan fingerprint density at radius 2 is 2.26 bits per heavy atom. The lowest BCUT2D eigenvalue weighted by molar-refractivity contribution is 0.208. The molecule has 0 saturated carbocycles. The Bertz CT molecular complexity index is 601. The van der Waals surface area contributed by atoms with E-state index in [9.17, 15) is 8.42 Å². The standard InChI is InChI=1S/C15H23NO2S/c1-3-9-16-10-5-7-14(12-16)13-6-4-8-15(11-13)19(2,17)18/h4,6,8,11,14H,3,5,7,9-10,12H2,1-2H3/i9D2. The molecule has 1 unspecified atom stereocenters. The molecule has 1 aliphatic rings. The molecule has 0 spiro atoms. The molecule has 4 heteroatoms. The third kappa shape index (κ3) is 3.80. The van der Waals surface area contributed by atoms with Crippen LogP contribution in [0.15, 0.2) is 29.2 Å². The molecule has 1 saturated heterocycles. The van der Waals surface area contributed by atoms with Crippen molar-refractivity contribution in [3.05, 3.63) is 29.8 Å². The highest BCUT2D eigenvalue weighted by Gasteiger charge is 2.21. The predicted molar refractivity (Wildman–Crippen MR) is 78.3 cm³/mol. The number of sulfone groups is 1. The Labute approximate surface area is 119 Å². The fourth-order valence-corrected chi connectivity index (χ4v) is 3.29. The number of nitrogens with zero attached hydrogens (tertiary/aromatic N) is 1. The molecule has 0 N–H and O–H groups in total. The largest absolute Gasteiger partial charge is 0.303 e. The molecule has 1 atom stereocenters. The zero-order valence-corrected chi connectivity index (χ0v) is 12.4. The van der Waals surface area contributed by atoms with Gasteiger partial charge in [-0.2, -0.15) is 0 Å². The first-order valence-corrected chi connectivity index (χ1v) is 8.68. The Balaban J connectivity index is 2.22. The SMILES string of the molecule is [2H]C([2H])(CC)N1CCCC(c2cccc(S(C)(=O)=O)c2)C1. The molecule has 0 bridgehead atoms. The second kappa shape index (κ2) is 6.06. The summed E-state index contributed by atoms with van der Waals surface area (Å²) >= 11 is 0. The molecular formula is C15H23NO2S. The van der Waals surface area contributed by atoms with Crippen molar-refractivity contribution in [2.24, 2.45) is 0 Å². The van der Waals surface area contributed by atoms with Crippen molar-refractivity contribution >= 4 is 9.84 Å². The molecular weight excluding hydrogens is 258 g/mol. The van der Waals surface area contributed by atoms with Crippen LogP contribution in [0, 0.1) is 0 Å². The first-order chi connectivity index (χ1) is 9.74. The molecule has 3 nitrogen and oxygen atoms in total. The van der Waals surface area contributed by atoms with Crippen LogP contribution in [0.3, 0.4) is 0 Å². The highest BCUT2D eigenvalue weighted by atomic mass is 32.2. The Morgan fingerprint density at radius 3 is 2.95 bits per heavy atom. The highest BCUT2D eigenvalue weighted by molar-refractivity contribution is 7.90. The molecule has 0 radical (unpaired) electrons. The van der Waals surface area contributed by atoms with Gasteiger partial charge >= 0.3 is 0 Å². The third-order valence-electron chi connectivity index (χ3n) is 3.56. The Hall–Kier alpha value is -0.870. The van der Waals surface area contributed by atoms with E-state index in [1.54, 1.807) is 18.2 Å². The van der Waals surface area contributed by atoms with Gasteiger partial charge in [0.05, 0.1) is 4.90 Å². The van der Waals surface area contributed by atoms with Gasteiger partial charge < -0.3 is 4.90 Å². The zero-order valence-electron chi connectivity index (χ0n) is 13.6. The van der Waals surface area contributed by atoms with Gasteiger partial charge in [-0.15, -0.1) is 0 Å². The third-order valence-corrected chi connectivity index (χ3v) is 4.67. The van der Waals surface area contributed by atoms with Crippen LogP contribution < -0.4 is 0 Å². The van der Waals surface area contributed by atoms with Crippen molar-refractivity contribution in [1.82, 2.24) is 4.90 Å². The van der Waals surface area contributed by atoms with Crippen LogP contribution in [0.5, 0.6) is 0 Å². The summed E-state index contributed by atoms with van der Waals surface area (Å²) < 4.78 is 39.5. The summed E-state index contributed by atoms with van der Waals surface area (Å²) in [6, 6.07) is 7.08. The van der Waals surface area contributed by atoms with Crippen LogP contribution >= 0.6 is 0 Å². The summed E-state index contributed by atoms with van der Waals surface area (Å²) in [5.41, 5.74) is 0.995. The summed E-state index contributed by atoms with van der Waals surface area (Å²) in [5, 5.41) is 0. The first-order valence-electron chi connectivity index (χ1n) is 7.79. The monoisotopic (exact) mass is 283 g/mol. The zero-order chi connectivity index (χ0) is 15.7. The summed E-state index contributed by atoms with van der Waals surface area (Å²) in [6.45, 7) is 1.98. The molecule has 1 aromatic carbocycles. The van der Waals surface area contributed by atoms with E-state index < -0.39 is 16.3 Å². The minimum absolute atomic E-state index is 0.196. The summed E-state index contributed by atoms with van der Waals surface area (Å²) in [7, 11) is -3.20. The molecule has 1 fully saturated rings. The van der Waals surface area contributed by atoms with E-state index >= 15 is 0 Å². The van der Waals surface area contributed by atoms with E-state index in [-0.39, 0.29) is 5.92 Å². The maximum Gasteiger partial charge on any atom is 0.175 e. The van der Waals surface area contributed by atoms with Gasteiger partial charge in [0.2, 0.25) is 0 Å². The molecule has 1 aliphatic heterocycles. The summed E-state index contributed by atoms with van der Waals surface area (Å²) in [5.74, 6) is 0.196. The topological polar surface area (TPSA) is 37.4 Å². The first kappa shape index (κ1) is 11.9. The normalized spacial score (nSPS) is 23.8. The molecule has 1 aromatic rings. The number of rotatable bonds is 4. The fraction of sp³-hybridized carbons (Fsp3) is 0.600. The second-order valence-corrected chi connectivity index (χ2v) is 7.16. The van der Waals surface area contributed by atoms with E-state index in [0.717, 1.165) is 24.9 Å². The van der Waals surface area contributed by atoms with Crippen molar-refractivity contribution in [2.45, 2.75) is 37.0 Å². The lowest BCUT2D eigenvalue weighted by atomic mass is 9.90. The van der Waals surface area contributed by atoms with Crippen LogP contribution in [0.1, 0.15) is 40.4 Å². The van der Waals surface area contributed by atoms with Gasteiger partial charge in [0.25, 0.3) is 0 Å². The number of likely N-dealkylation sites (tertiary alicyclic amines) is 1. The van der Waals surface area contributed by atoms with Gasteiger partial charge in [-0.05, 0) is 55.9 Å². The highest BCUT2D eigenvalue weighted by Crippen LogP contribution is 2.28. The maximum absolute atomic E-state index is 11.7. The quantitative estimate of drug-likeness (QED) is 0.852. The molecule has 19 heavy (non-hydrogen) atoms. The van der Waals surface area contributed by atoms with Crippen molar-refractivity contribution in [3.8, 4) is 0 Å². The van der Waals surface area contributed by atoms with E-state index in [4.69, 9.17) is 2.74 Å². The molecule has 106 valence electrons. The predicted octanol–water partition coefficient (Wildman–Crippen LogP) is 2.68. The minimum Gasteiger partial charge on any atom is -0.303 e. The average Bonchev–Trinajstić information content (AvgIpc) is 2.47. The summed E-state index contributed by atoms with van der Waals surface area (Å²) in [4.78, 5) is 2.23. The Morgan fingerprint density at radius 1 is 1.47 bits per heavy atom. The average molecular weight is 283 g/mol. The smallest absolute Gasteiger partial charge is 0.175 e. The van der Waals surface area contributed by atoms with Crippen LogP contribution in [0.2, 0.25) is 0 Å². The lowest BCUT2D eigenvalue weighted by Crippen LogP contribution is -2.34. The van der Waals surface area contributed by atoms with Gasteiger partial charge in [-0.1, -0.05) is 19.1 Å². The molecule has 0 amide bonds. The molecule has 2 rings (SSSR count). The Kier molecular flexibility index (Phi) is 3.80. The number of benzene rings is 1. The van der Waals surface area contributed by atoms with Gasteiger partial charge in [-0.25, -0.2) is 8.42 Å². The molecule has 0 aromatic heterocycles. The van der Waals surface area contributed by atoms with Gasteiger partial charge in [0, 0.05) is 15.5 Å². The number of hydrogen-bond donors (Lipinski definition) is 0. The van der Waals surface area contributed by atoms with Gasteiger partial charge in [-0.3, -0.25) is 0 Å². The maximum atomic E-state index is 11.7. The van der Waals surface area contributed by atoms with Crippen LogP contribution in [0.4, 0.5) is 0 Å². The van der Waals surface area contributed by atoms with E-state index in [1.807, 2.05) is 17.9 Å². The minimum atomic E-state index is -3.20. The van der Waals surface area contributed by atoms with Crippen molar-refractivity contribution in [1.29, 1.82) is 0 Å². The van der Waals surface area contributed by atoms with Crippen LogP contribution in [0.25, 0.3) is 0 Å². The van der Waals surface area contributed by atoms with E-state index in [2.05, 4.69) is 0 Å².